The topological polar surface area (TPSA) is 67.2 Å². The number of cyclic esters (lactones) is 1. The maximum absolute atomic E-state index is 14.6. The molecule has 144 valence electrons. The van der Waals surface area contributed by atoms with Gasteiger partial charge in [0.15, 0.2) is 0 Å². The van der Waals surface area contributed by atoms with E-state index in [4.69, 9.17) is 13.9 Å². The summed E-state index contributed by atoms with van der Waals surface area (Å²) >= 11 is 1.40. The number of carbonyl (C=O) groups is 1. The zero-order valence-corrected chi connectivity index (χ0v) is 15.4. The largest absolute Gasteiger partial charge is 0.471 e. The van der Waals surface area contributed by atoms with Gasteiger partial charge in [-0.2, -0.15) is 0 Å². The van der Waals surface area contributed by atoms with Crippen molar-refractivity contribution in [1.82, 2.24) is 4.72 Å². The molecule has 1 N–H and O–H groups in total. The van der Waals surface area contributed by atoms with Gasteiger partial charge in [-0.15, -0.1) is 0 Å². The van der Waals surface area contributed by atoms with E-state index < -0.39 is 6.09 Å². The fraction of sp³-hybridized carbons (Fsp3) is 0.389. The molecule has 1 aromatic heterocycles. The van der Waals surface area contributed by atoms with Crippen molar-refractivity contribution >= 4 is 29.4 Å². The minimum Gasteiger partial charge on any atom is -0.471 e. The quantitative estimate of drug-likeness (QED) is 0.757. The molecule has 0 unspecified atom stereocenters. The number of morpholine rings is 1. The molecule has 1 atom stereocenters. The van der Waals surface area contributed by atoms with Crippen LogP contribution in [0.2, 0.25) is 0 Å². The standard InChI is InChI=1S/C18H20FN3O4S/c19-16-9-13(1-2-17(16)21-4-7-24-8-5-21)22-11-14(26-18(22)23)10-20-27-15-3-6-25-12-15/h1-3,6,9,12,14,20H,4-5,7-8,10-11H2/t14-/m1/s1. The molecule has 9 heteroatoms. The molecule has 0 radical (unpaired) electrons. The number of benzene rings is 1. The minimum atomic E-state index is -0.464. The zero-order valence-electron chi connectivity index (χ0n) is 14.6. The Morgan fingerprint density at radius 2 is 2.11 bits per heavy atom. The molecule has 1 aromatic carbocycles. The van der Waals surface area contributed by atoms with Crippen LogP contribution in [0.1, 0.15) is 0 Å². The smallest absolute Gasteiger partial charge is 0.414 e. The number of ether oxygens (including phenoxy) is 2. The van der Waals surface area contributed by atoms with Crippen molar-refractivity contribution in [2.45, 2.75) is 11.0 Å². The van der Waals surface area contributed by atoms with E-state index >= 15 is 0 Å². The molecule has 2 aliphatic heterocycles. The average Bonchev–Trinajstić information content (AvgIpc) is 3.32. The van der Waals surface area contributed by atoms with Crippen LogP contribution in [0.4, 0.5) is 20.6 Å². The van der Waals surface area contributed by atoms with Gasteiger partial charge >= 0.3 is 6.09 Å². The Labute approximate surface area is 160 Å². The molecule has 0 spiro atoms. The van der Waals surface area contributed by atoms with E-state index in [2.05, 4.69) is 4.72 Å². The van der Waals surface area contributed by atoms with Crippen LogP contribution in [0, 0.1) is 5.82 Å². The summed E-state index contributed by atoms with van der Waals surface area (Å²) in [4.78, 5) is 16.5. The third kappa shape index (κ3) is 4.20. The van der Waals surface area contributed by atoms with Gasteiger partial charge in [0.05, 0.1) is 42.3 Å². The Bertz CT molecular complexity index is 783. The van der Waals surface area contributed by atoms with Gasteiger partial charge in [0.2, 0.25) is 0 Å². The van der Waals surface area contributed by atoms with Crippen molar-refractivity contribution in [3.63, 3.8) is 0 Å². The van der Waals surface area contributed by atoms with Gasteiger partial charge < -0.3 is 18.8 Å². The van der Waals surface area contributed by atoms with Gasteiger partial charge in [0.25, 0.3) is 0 Å². The number of halogens is 1. The van der Waals surface area contributed by atoms with Crippen molar-refractivity contribution in [1.29, 1.82) is 0 Å². The summed E-state index contributed by atoms with van der Waals surface area (Å²) in [6.45, 7) is 3.34. The van der Waals surface area contributed by atoms with E-state index in [-0.39, 0.29) is 11.9 Å². The summed E-state index contributed by atoms with van der Waals surface area (Å²) in [7, 11) is 0. The number of nitrogens with one attached hydrogen (secondary N) is 1. The molecule has 1 amide bonds. The molecule has 2 aromatic rings. The van der Waals surface area contributed by atoms with Gasteiger partial charge in [0, 0.05) is 19.6 Å². The molecule has 0 aliphatic carbocycles. The molecular formula is C18H20FN3O4S. The van der Waals surface area contributed by atoms with Crippen molar-refractivity contribution in [3.05, 3.63) is 42.6 Å². The van der Waals surface area contributed by atoms with Crippen molar-refractivity contribution in [3.8, 4) is 0 Å². The first-order valence-corrected chi connectivity index (χ1v) is 9.54. The first-order valence-electron chi connectivity index (χ1n) is 8.73. The maximum Gasteiger partial charge on any atom is 0.414 e. The summed E-state index contributed by atoms with van der Waals surface area (Å²) in [6, 6.07) is 6.69. The molecule has 0 bridgehead atoms. The number of hydrogen-bond acceptors (Lipinski definition) is 7. The van der Waals surface area contributed by atoms with Crippen molar-refractivity contribution < 1.29 is 23.1 Å². The molecule has 2 saturated heterocycles. The molecular weight excluding hydrogens is 373 g/mol. The fourth-order valence-electron chi connectivity index (χ4n) is 3.09. The Kier molecular flexibility index (Phi) is 5.51. The second-order valence-electron chi connectivity index (χ2n) is 6.26. The fourth-order valence-corrected chi connectivity index (χ4v) is 3.75. The Morgan fingerprint density at radius 3 is 2.85 bits per heavy atom. The van der Waals surface area contributed by atoms with Gasteiger partial charge in [-0.25, -0.2) is 9.18 Å². The Hall–Kier alpha value is -2.23. The Morgan fingerprint density at radius 1 is 1.26 bits per heavy atom. The van der Waals surface area contributed by atoms with Gasteiger partial charge in [0.1, 0.15) is 18.2 Å². The lowest BCUT2D eigenvalue weighted by Crippen LogP contribution is -2.36. The molecule has 7 nitrogen and oxygen atoms in total. The SMILES string of the molecule is O=C1O[C@H](CNSc2ccoc2)CN1c1ccc(N2CCOCC2)c(F)c1. The number of hydrogen-bond donors (Lipinski definition) is 1. The predicted molar refractivity (Wildman–Crippen MR) is 99.6 cm³/mol. The van der Waals surface area contributed by atoms with E-state index in [1.54, 1.807) is 24.7 Å². The van der Waals surface area contributed by atoms with Gasteiger partial charge in [-0.05, 0) is 36.2 Å². The predicted octanol–water partition coefficient (Wildman–Crippen LogP) is 2.88. The van der Waals surface area contributed by atoms with Gasteiger partial charge in [-0.3, -0.25) is 9.62 Å². The van der Waals surface area contributed by atoms with Crippen LogP contribution >= 0.6 is 11.9 Å². The summed E-state index contributed by atoms with van der Waals surface area (Å²) < 4.78 is 33.4. The number of carbonyl (C=O) groups excluding carboxylic acids is 1. The van der Waals surface area contributed by atoms with Crippen LogP contribution in [0.5, 0.6) is 0 Å². The summed E-state index contributed by atoms with van der Waals surface area (Å²) in [6.07, 6.45) is 2.45. The highest BCUT2D eigenvalue weighted by Gasteiger charge is 2.32. The molecule has 2 fully saturated rings. The lowest BCUT2D eigenvalue weighted by Gasteiger charge is -2.29. The maximum atomic E-state index is 14.6. The van der Waals surface area contributed by atoms with E-state index in [0.29, 0.717) is 50.8 Å². The van der Waals surface area contributed by atoms with Crippen molar-refractivity contribution in [2.24, 2.45) is 0 Å². The minimum absolute atomic E-state index is 0.307. The van der Waals surface area contributed by atoms with E-state index in [1.807, 2.05) is 11.0 Å². The number of nitrogens with zero attached hydrogens (tertiary/aromatic N) is 2. The lowest BCUT2D eigenvalue weighted by atomic mass is 10.2. The number of furan rings is 1. The highest BCUT2D eigenvalue weighted by molar-refractivity contribution is 7.97. The van der Waals surface area contributed by atoms with Crippen LogP contribution in [-0.2, 0) is 9.47 Å². The molecule has 4 rings (SSSR count). The van der Waals surface area contributed by atoms with Crippen molar-refractivity contribution in [2.75, 3.05) is 49.2 Å². The zero-order chi connectivity index (χ0) is 18.6. The average molecular weight is 393 g/mol. The van der Waals surface area contributed by atoms with Crippen LogP contribution in [0.15, 0.2) is 46.1 Å². The summed E-state index contributed by atoms with van der Waals surface area (Å²) in [5.41, 5.74) is 1.03. The van der Waals surface area contributed by atoms with Crippen LogP contribution in [0.25, 0.3) is 0 Å². The molecule has 3 heterocycles. The van der Waals surface area contributed by atoms with E-state index in [0.717, 1.165) is 4.90 Å². The lowest BCUT2D eigenvalue weighted by molar-refractivity contribution is 0.122. The first-order chi connectivity index (χ1) is 13.2. The second kappa shape index (κ2) is 8.20. The highest BCUT2D eigenvalue weighted by Crippen LogP contribution is 2.28. The van der Waals surface area contributed by atoms with E-state index in [1.165, 1.54) is 22.9 Å². The second-order valence-corrected chi connectivity index (χ2v) is 7.23. The molecule has 2 aliphatic rings. The summed E-state index contributed by atoms with van der Waals surface area (Å²) in [5.74, 6) is -0.348. The number of anilines is 2. The monoisotopic (exact) mass is 393 g/mol. The third-order valence-electron chi connectivity index (χ3n) is 4.46. The van der Waals surface area contributed by atoms with Gasteiger partial charge in [-0.1, -0.05) is 0 Å². The number of rotatable bonds is 6. The van der Waals surface area contributed by atoms with Crippen LogP contribution < -0.4 is 14.5 Å². The molecule has 27 heavy (non-hydrogen) atoms. The van der Waals surface area contributed by atoms with E-state index in [9.17, 15) is 9.18 Å². The Balaban J connectivity index is 1.36. The normalized spacial score (nSPS) is 20.2. The summed E-state index contributed by atoms with van der Waals surface area (Å²) in [5, 5.41) is 0. The number of amides is 1. The molecule has 0 saturated carbocycles. The highest BCUT2D eigenvalue weighted by atomic mass is 32.2. The van der Waals surface area contributed by atoms with Crippen LogP contribution in [0.3, 0.4) is 0 Å². The van der Waals surface area contributed by atoms with Crippen LogP contribution in [-0.4, -0.2) is 51.6 Å². The first kappa shape index (κ1) is 18.1. The third-order valence-corrected chi connectivity index (χ3v) is 5.24.